The molecule has 1 rings (SSSR count). The van der Waals surface area contributed by atoms with Crippen molar-refractivity contribution in [2.45, 2.75) is 78.7 Å². The topological polar surface area (TPSA) is 75.6 Å². The van der Waals surface area contributed by atoms with E-state index in [4.69, 9.17) is 4.74 Å². The molecule has 0 aliphatic heterocycles. The second kappa shape index (κ2) is 12.7. The molecule has 0 bridgehead atoms. The molecule has 0 saturated heterocycles. The first kappa shape index (κ1) is 23.4. The van der Waals surface area contributed by atoms with E-state index >= 15 is 0 Å². The molecule has 7 heteroatoms. The molecule has 0 aromatic carbocycles. The summed E-state index contributed by atoms with van der Waals surface area (Å²) in [5.74, 6) is 0.758. The Labute approximate surface area is 168 Å². The van der Waals surface area contributed by atoms with Crippen molar-refractivity contribution in [1.82, 2.24) is 15.6 Å². The van der Waals surface area contributed by atoms with Crippen LogP contribution in [0.1, 0.15) is 69.7 Å². The highest BCUT2D eigenvalue weighted by Gasteiger charge is 2.15. The van der Waals surface area contributed by atoms with Gasteiger partial charge in [0.25, 0.3) is 0 Å². The average molecular weight is 397 g/mol. The van der Waals surface area contributed by atoms with Crippen LogP contribution in [0.25, 0.3) is 0 Å². The number of nitrogens with zero attached hydrogens (tertiary/aromatic N) is 2. The molecule has 0 amide bonds. The monoisotopic (exact) mass is 396 g/mol. The van der Waals surface area contributed by atoms with Gasteiger partial charge in [0.05, 0.1) is 5.01 Å². The number of aliphatic imine (C=N–C) groups is 1. The van der Waals surface area contributed by atoms with Crippen molar-refractivity contribution in [3.63, 3.8) is 0 Å². The van der Waals surface area contributed by atoms with Crippen molar-refractivity contribution < 1.29 is 9.53 Å². The summed E-state index contributed by atoms with van der Waals surface area (Å²) in [6, 6.07) is 0. The van der Waals surface area contributed by atoms with Gasteiger partial charge < -0.3 is 15.4 Å². The molecular formula is C20H36N4O2S. The van der Waals surface area contributed by atoms with Crippen LogP contribution >= 0.6 is 11.3 Å². The molecule has 0 unspecified atom stereocenters. The SMILES string of the molecule is CCNC(=NCCCCCCC(=O)OC(C)(C)C)NCCc1ncc(C)s1. The zero-order valence-corrected chi connectivity index (χ0v) is 18.4. The van der Waals surface area contributed by atoms with Gasteiger partial charge in [-0.2, -0.15) is 0 Å². The van der Waals surface area contributed by atoms with E-state index < -0.39 is 0 Å². The number of unbranched alkanes of at least 4 members (excludes halogenated alkanes) is 3. The maximum Gasteiger partial charge on any atom is 0.306 e. The third-order valence-electron chi connectivity index (χ3n) is 3.62. The molecular weight excluding hydrogens is 360 g/mol. The van der Waals surface area contributed by atoms with E-state index in [9.17, 15) is 4.79 Å². The van der Waals surface area contributed by atoms with E-state index in [2.05, 4.69) is 34.5 Å². The summed E-state index contributed by atoms with van der Waals surface area (Å²) >= 11 is 1.74. The van der Waals surface area contributed by atoms with Crippen molar-refractivity contribution in [2.75, 3.05) is 19.6 Å². The Hall–Kier alpha value is -1.63. The zero-order valence-electron chi connectivity index (χ0n) is 17.6. The Balaban J connectivity index is 2.15. The van der Waals surface area contributed by atoms with Gasteiger partial charge in [0.1, 0.15) is 5.60 Å². The van der Waals surface area contributed by atoms with Crippen LogP contribution in [0.3, 0.4) is 0 Å². The van der Waals surface area contributed by atoms with Gasteiger partial charge in [-0.3, -0.25) is 9.79 Å². The number of carbonyl (C=O) groups excluding carboxylic acids is 1. The fourth-order valence-electron chi connectivity index (χ4n) is 2.46. The highest BCUT2D eigenvalue weighted by atomic mass is 32.1. The van der Waals surface area contributed by atoms with Gasteiger partial charge in [-0.1, -0.05) is 12.8 Å². The van der Waals surface area contributed by atoms with Gasteiger partial charge >= 0.3 is 5.97 Å². The Morgan fingerprint density at radius 1 is 1.22 bits per heavy atom. The van der Waals surface area contributed by atoms with Crippen LogP contribution in [0.15, 0.2) is 11.2 Å². The second-order valence-corrected chi connectivity index (χ2v) is 8.87. The van der Waals surface area contributed by atoms with Crippen LogP contribution in [0.2, 0.25) is 0 Å². The van der Waals surface area contributed by atoms with E-state index in [1.54, 1.807) is 11.3 Å². The molecule has 1 aromatic rings. The first-order valence-corrected chi connectivity index (χ1v) is 10.8. The number of carbonyl (C=O) groups is 1. The van der Waals surface area contributed by atoms with Crippen LogP contribution in [-0.2, 0) is 16.0 Å². The number of thiazole rings is 1. The van der Waals surface area contributed by atoms with Crippen LogP contribution < -0.4 is 10.6 Å². The highest BCUT2D eigenvalue weighted by Crippen LogP contribution is 2.12. The molecule has 0 saturated carbocycles. The number of hydrogen-bond acceptors (Lipinski definition) is 5. The Kier molecular flexibility index (Phi) is 11.0. The molecule has 6 nitrogen and oxygen atoms in total. The molecule has 1 heterocycles. The number of aromatic nitrogens is 1. The third kappa shape index (κ3) is 12.4. The molecule has 0 fully saturated rings. The quantitative estimate of drug-likeness (QED) is 0.257. The lowest BCUT2D eigenvalue weighted by Gasteiger charge is -2.19. The van der Waals surface area contributed by atoms with E-state index in [1.807, 2.05) is 27.0 Å². The van der Waals surface area contributed by atoms with Crippen molar-refractivity contribution in [1.29, 1.82) is 0 Å². The van der Waals surface area contributed by atoms with E-state index in [0.29, 0.717) is 6.42 Å². The van der Waals surface area contributed by atoms with Gasteiger partial charge in [-0.25, -0.2) is 4.98 Å². The number of esters is 1. The van der Waals surface area contributed by atoms with Crippen LogP contribution in [0.5, 0.6) is 0 Å². The van der Waals surface area contributed by atoms with Crippen molar-refractivity contribution in [3.8, 4) is 0 Å². The van der Waals surface area contributed by atoms with Gasteiger partial charge in [0.15, 0.2) is 5.96 Å². The molecule has 0 radical (unpaired) electrons. The Morgan fingerprint density at radius 2 is 1.96 bits per heavy atom. The number of rotatable bonds is 11. The summed E-state index contributed by atoms with van der Waals surface area (Å²) in [5.41, 5.74) is -0.389. The summed E-state index contributed by atoms with van der Waals surface area (Å²) in [4.78, 5) is 21.9. The Bertz CT molecular complexity index is 579. The molecule has 0 spiro atoms. The van der Waals surface area contributed by atoms with Crippen LogP contribution in [-0.4, -0.2) is 42.1 Å². The van der Waals surface area contributed by atoms with E-state index in [-0.39, 0.29) is 11.6 Å². The van der Waals surface area contributed by atoms with E-state index in [1.165, 1.54) is 4.88 Å². The first-order valence-electron chi connectivity index (χ1n) is 9.95. The number of ether oxygens (including phenoxy) is 1. The molecule has 2 N–H and O–H groups in total. The summed E-state index contributed by atoms with van der Waals surface area (Å²) in [7, 11) is 0. The van der Waals surface area contributed by atoms with Gasteiger partial charge in [0.2, 0.25) is 0 Å². The Morgan fingerprint density at radius 3 is 2.59 bits per heavy atom. The number of nitrogens with one attached hydrogen (secondary N) is 2. The minimum atomic E-state index is -0.389. The number of hydrogen-bond donors (Lipinski definition) is 2. The average Bonchev–Trinajstić information content (AvgIpc) is 2.97. The summed E-state index contributed by atoms with van der Waals surface area (Å²) in [6.45, 7) is 12.3. The molecule has 1 aromatic heterocycles. The zero-order chi connectivity index (χ0) is 20.1. The number of aryl methyl sites for hydroxylation is 1. The lowest BCUT2D eigenvalue weighted by molar-refractivity contribution is -0.154. The highest BCUT2D eigenvalue weighted by molar-refractivity contribution is 7.11. The fraction of sp³-hybridized carbons (Fsp3) is 0.750. The second-order valence-electron chi connectivity index (χ2n) is 7.55. The molecule has 0 aliphatic rings. The summed E-state index contributed by atoms with van der Waals surface area (Å²) < 4.78 is 5.31. The van der Waals surface area contributed by atoms with Gasteiger partial charge in [-0.15, -0.1) is 11.3 Å². The van der Waals surface area contributed by atoms with Gasteiger partial charge in [-0.05, 0) is 47.5 Å². The minimum Gasteiger partial charge on any atom is -0.460 e. The van der Waals surface area contributed by atoms with Crippen LogP contribution in [0.4, 0.5) is 0 Å². The normalized spacial score (nSPS) is 12.1. The fourth-order valence-corrected chi connectivity index (χ4v) is 3.25. The minimum absolute atomic E-state index is 0.102. The summed E-state index contributed by atoms with van der Waals surface area (Å²) in [5, 5.41) is 7.79. The molecule has 154 valence electrons. The van der Waals surface area contributed by atoms with Crippen molar-refractivity contribution in [3.05, 3.63) is 16.1 Å². The lowest BCUT2D eigenvalue weighted by atomic mass is 10.1. The van der Waals surface area contributed by atoms with Crippen LogP contribution in [0, 0.1) is 6.92 Å². The molecule has 0 aliphatic carbocycles. The first-order chi connectivity index (χ1) is 12.8. The smallest absolute Gasteiger partial charge is 0.306 e. The maximum atomic E-state index is 11.6. The largest absolute Gasteiger partial charge is 0.460 e. The molecule has 0 atom stereocenters. The summed E-state index contributed by atoms with van der Waals surface area (Å²) in [6.07, 6.45) is 7.34. The standard InChI is InChI=1S/C20H36N4O2S/c1-6-21-19(23-14-12-17-24-15-16(2)27-17)22-13-10-8-7-9-11-18(25)26-20(3,4)5/h15H,6-14H2,1-5H3,(H2,21,22,23). The molecule has 27 heavy (non-hydrogen) atoms. The van der Waals surface area contributed by atoms with E-state index in [0.717, 1.165) is 62.7 Å². The third-order valence-corrected chi connectivity index (χ3v) is 4.60. The predicted octanol–water partition coefficient (Wildman–Crippen LogP) is 3.84. The lowest BCUT2D eigenvalue weighted by Crippen LogP contribution is -2.38. The maximum absolute atomic E-state index is 11.6. The van der Waals surface area contributed by atoms with Gasteiger partial charge in [0, 0.05) is 43.5 Å². The van der Waals surface area contributed by atoms with Crippen molar-refractivity contribution in [2.24, 2.45) is 4.99 Å². The predicted molar refractivity (Wildman–Crippen MR) is 113 cm³/mol. The van der Waals surface area contributed by atoms with Crippen molar-refractivity contribution >= 4 is 23.3 Å². The number of guanidine groups is 1.